The molecule has 1 aliphatic carbocycles. The Morgan fingerprint density at radius 3 is 2.57 bits per heavy atom. The highest BCUT2D eigenvalue weighted by Gasteiger charge is 2.50. The van der Waals surface area contributed by atoms with Crippen LogP contribution in [0.4, 0.5) is 5.69 Å². The number of halogens is 2. The van der Waals surface area contributed by atoms with Crippen LogP contribution in [0.1, 0.15) is 31.7 Å². The summed E-state index contributed by atoms with van der Waals surface area (Å²) in [6.45, 7) is 4.04. The van der Waals surface area contributed by atoms with Crippen molar-refractivity contribution in [1.82, 2.24) is 0 Å². The van der Waals surface area contributed by atoms with E-state index in [1.807, 2.05) is 13.0 Å². The van der Waals surface area contributed by atoms with Crippen LogP contribution >= 0.6 is 27.5 Å². The number of rotatable bonds is 1. The summed E-state index contributed by atoms with van der Waals surface area (Å²) in [6, 6.07) is 3.56. The molecule has 0 aromatic heterocycles. The fraction of sp³-hybridized carbons (Fsp3) is 0.500. The predicted octanol–water partition coefficient (Wildman–Crippen LogP) is 4.34. The molecule has 1 aromatic carbocycles. The Morgan fingerprint density at radius 1 is 1.19 bits per heavy atom. The Morgan fingerprint density at radius 2 is 1.86 bits per heavy atom. The third-order valence-corrected chi connectivity index (χ3v) is 5.86. The standard InChI is InChI=1S/C16H17BrClNO2/c1-8-3-4-10-11(5-8)16(21)19(15(10)20)14-7-13(18)12(17)6-9(14)2/h6-8,10-11H,3-5H2,1-2H3/t8-,10+,11+/m1/s1. The van der Waals surface area contributed by atoms with E-state index in [0.717, 1.165) is 29.3 Å². The maximum atomic E-state index is 12.7. The highest BCUT2D eigenvalue weighted by Crippen LogP contribution is 2.43. The van der Waals surface area contributed by atoms with Gasteiger partial charge in [0.05, 0.1) is 22.5 Å². The van der Waals surface area contributed by atoms with Gasteiger partial charge >= 0.3 is 0 Å². The van der Waals surface area contributed by atoms with Gasteiger partial charge in [-0.2, -0.15) is 0 Å². The van der Waals surface area contributed by atoms with Crippen molar-refractivity contribution in [2.75, 3.05) is 4.90 Å². The number of nitrogens with zero attached hydrogens (tertiary/aromatic N) is 1. The zero-order chi connectivity index (χ0) is 15.3. The smallest absolute Gasteiger partial charge is 0.237 e. The third kappa shape index (κ3) is 2.42. The third-order valence-electron chi connectivity index (χ3n) is 4.67. The molecule has 1 saturated carbocycles. The molecule has 2 fully saturated rings. The van der Waals surface area contributed by atoms with Gasteiger partial charge in [0.2, 0.25) is 11.8 Å². The molecule has 1 heterocycles. The lowest BCUT2D eigenvalue weighted by Crippen LogP contribution is -2.31. The number of benzene rings is 1. The average Bonchev–Trinajstić information content (AvgIpc) is 2.66. The van der Waals surface area contributed by atoms with E-state index in [0.29, 0.717) is 16.6 Å². The van der Waals surface area contributed by atoms with Crippen molar-refractivity contribution in [2.45, 2.75) is 33.1 Å². The highest BCUT2D eigenvalue weighted by atomic mass is 79.9. The first kappa shape index (κ1) is 15.0. The topological polar surface area (TPSA) is 37.4 Å². The van der Waals surface area contributed by atoms with Gasteiger partial charge in [0, 0.05) is 4.47 Å². The van der Waals surface area contributed by atoms with Crippen LogP contribution in [-0.2, 0) is 9.59 Å². The first-order valence-corrected chi connectivity index (χ1v) is 8.40. The molecule has 0 N–H and O–H groups in total. The number of imide groups is 1. The van der Waals surface area contributed by atoms with E-state index < -0.39 is 0 Å². The molecular formula is C16H17BrClNO2. The Kier molecular flexibility index (Phi) is 3.87. The monoisotopic (exact) mass is 369 g/mol. The van der Waals surface area contributed by atoms with Crippen molar-refractivity contribution in [3.63, 3.8) is 0 Å². The summed E-state index contributed by atoms with van der Waals surface area (Å²) in [4.78, 5) is 26.7. The fourth-order valence-corrected chi connectivity index (χ4v) is 4.12. The summed E-state index contributed by atoms with van der Waals surface area (Å²) in [7, 11) is 0. The molecule has 21 heavy (non-hydrogen) atoms. The van der Waals surface area contributed by atoms with Crippen LogP contribution in [-0.4, -0.2) is 11.8 Å². The summed E-state index contributed by atoms with van der Waals surface area (Å²) in [6.07, 6.45) is 2.65. The predicted molar refractivity (Wildman–Crippen MR) is 86.4 cm³/mol. The molecule has 1 aromatic rings. The van der Waals surface area contributed by atoms with E-state index in [-0.39, 0.29) is 23.7 Å². The minimum absolute atomic E-state index is 0.0570. The average molecular weight is 371 g/mol. The largest absolute Gasteiger partial charge is 0.274 e. The molecule has 3 atom stereocenters. The van der Waals surface area contributed by atoms with Gasteiger partial charge in [0.15, 0.2) is 0 Å². The highest BCUT2D eigenvalue weighted by molar-refractivity contribution is 9.10. The molecule has 0 unspecified atom stereocenters. The van der Waals surface area contributed by atoms with Crippen molar-refractivity contribution in [2.24, 2.45) is 17.8 Å². The Bertz CT molecular complexity index is 631. The van der Waals surface area contributed by atoms with Gasteiger partial charge in [-0.1, -0.05) is 18.5 Å². The molecule has 3 rings (SSSR count). The Balaban J connectivity index is 2.01. The normalized spacial score (nSPS) is 29.0. The number of fused-ring (bicyclic) bond motifs is 1. The second-order valence-electron chi connectivity index (χ2n) is 6.20. The zero-order valence-electron chi connectivity index (χ0n) is 12.0. The number of anilines is 1. The van der Waals surface area contributed by atoms with Crippen molar-refractivity contribution in [3.8, 4) is 0 Å². The van der Waals surface area contributed by atoms with Gasteiger partial charge in [-0.05, 0) is 65.7 Å². The van der Waals surface area contributed by atoms with Crippen molar-refractivity contribution in [3.05, 3.63) is 27.2 Å². The minimum atomic E-state index is -0.150. The molecule has 0 spiro atoms. The molecule has 5 heteroatoms. The number of aryl methyl sites for hydroxylation is 1. The maximum absolute atomic E-state index is 12.7. The van der Waals surface area contributed by atoms with Crippen LogP contribution in [0, 0.1) is 24.7 Å². The van der Waals surface area contributed by atoms with Gasteiger partial charge in [-0.15, -0.1) is 0 Å². The Hall–Kier alpha value is -0.870. The van der Waals surface area contributed by atoms with Crippen LogP contribution in [0.15, 0.2) is 16.6 Å². The zero-order valence-corrected chi connectivity index (χ0v) is 14.4. The van der Waals surface area contributed by atoms with Crippen LogP contribution in [0.3, 0.4) is 0 Å². The van der Waals surface area contributed by atoms with Crippen molar-refractivity contribution < 1.29 is 9.59 Å². The number of amides is 2. The molecule has 1 saturated heterocycles. The number of carbonyl (C=O) groups excluding carboxylic acids is 2. The number of hydrogen-bond donors (Lipinski definition) is 0. The number of carbonyl (C=O) groups is 2. The maximum Gasteiger partial charge on any atom is 0.237 e. The fourth-order valence-electron chi connectivity index (χ4n) is 3.50. The first-order chi connectivity index (χ1) is 9.90. The van der Waals surface area contributed by atoms with Gasteiger partial charge in [-0.25, -0.2) is 4.90 Å². The molecule has 2 aliphatic rings. The van der Waals surface area contributed by atoms with Crippen molar-refractivity contribution in [1.29, 1.82) is 0 Å². The summed E-state index contributed by atoms with van der Waals surface area (Å²) in [5.41, 5.74) is 1.50. The van der Waals surface area contributed by atoms with E-state index in [1.165, 1.54) is 4.90 Å². The minimum Gasteiger partial charge on any atom is -0.274 e. The molecule has 0 bridgehead atoms. The summed E-state index contributed by atoms with van der Waals surface area (Å²) in [5.74, 6) is 0.104. The lowest BCUT2D eigenvalue weighted by molar-refractivity contribution is -0.122. The number of hydrogen-bond acceptors (Lipinski definition) is 2. The molecule has 2 amide bonds. The van der Waals surface area contributed by atoms with Crippen LogP contribution in [0.5, 0.6) is 0 Å². The Labute approximate surface area is 137 Å². The van der Waals surface area contributed by atoms with Gasteiger partial charge in [-0.3, -0.25) is 9.59 Å². The molecule has 1 aliphatic heterocycles. The molecule has 112 valence electrons. The van der Waals surface area contributed by atoms with E-state index in [2.05, 4.69) is 22.9 Å². The van der Waals surface area contributed by atoms with Crippen LogP contribution < -0.4 is 4.90 Å². The lowest BCUT2D eigenvalue weighted by atomic mass is 9.76. The van der Waals surface area contributed by atoms with E-state index in [9.17, 15) is 9.59 Å². The van der Waals surface area contributed by atoms with Crippen LogP contribution in [0.25, 0.3) is 0 Å². The van der Waals surface area contributed by atoms with E-state index in [4.69, 9.17) is 11.6 Å². The first-order valence-electron chi connectivity index (χ1n) is 7.23. The SMILES string of the molecule is Cc1cc(Br)c(Cl)cc1N1C(=O)[C@H]2CC[C@@H](C)C[C@@H]2C1=O. The quantitative estimate of drug-likeness (QED) is 0.690. The van der Waals surface area contributed by atoms with Crippen molar-refractivity contribution >= 4 is 45.0 Å². The summed E-state index contributed by atoms with van der Waals surface area (Å²) < 4.78 is 0.774. The molecule has 3 nitrogen and oxygen atoms in total. The summed E-state index contributed by atoms with van der Waals surface area (Å²) >= 11 is 9.51. The van der Waals surface area contributed by atoms with Gasteiger partial charge < -0.3 is 0 Å². The van der Waals surface area contributed by atoms with E-state index >= 15 is 0 Å². The second-order valence-corrected chi connectivity index (χ2v) is 7.46. The summed E-state index contributed by atoms with van der Waals surface area (Å²) in [5, 5.41) is 0.513. The molecular weight excluding hydrogens is 354 g/mol. The van der Waals surface area contributed by atoms with Gasteiger partial charge in [0.1, 0.15) is 0 Å². The second kappa shape index (κ2) is 5.40. The molecule has 0 radical (unpaired) electrons. The van der Waals surface area contributed by atoms with Gasteiger partial charge in [0.25, 0.3) is 0 Å². The van der Waals surface area contributed by atoms with Crippen LogP contribution in [0.2, 0.25) is 5.02 Å². The lowest BCUT2D eigenvalue weighted by Gasteiger charge is -2.25. The van der Waals surface area contributed by atoms with E-state index in [1.54, 1.807) is 6.07 Å².